The molecule has 0 aliphatic rings. The van der Waals surface area contributed by atoms with Crippen LogP contribution in [0.1, 0.15) is 22.0 Å². The highest BCUT2D eigenvalue weighted by Crippen LogP contribution is 2.17. The van der Waals surface area contributed by atoms with E-state index in [9.17, 15) is 9.90 Å². The van der Waals surface area contributed by atoms with Crippen molar-refractivity contribution in [2.75, 3.05) is 6.54 Å². The van der Waals surface area contributed by atoms with Crippen LogP contribution in [0.4, 0.5) is 0 Å². The predicted molar refractivity (Wildman–Crippen MR) is 85.6 cm³/mol. The Bertz CT molecular complexity index is 752. The van der Waals surface area contributed by atoms with Crippen molar-refractivity contribution in [1.29, 1.82) is 0 Å². The second kappa shape index (κ2) is 6.08. The van der Waals surface area contributed by atoms with Crippen LogP contribution in [-0.2, 0) is 0 Å². The molecule has 0 radical (unpaired) electrons. The van der Waals surface area contributed by atoms with Crippen molar-refractivity contribution >= 4 is 28.0 Å². The van der Waals surface area contributed by atoms with Gasteiger partial charge in [0.1, 0.15) is 0 Å². The topological polar surface area (TPSA) is 49.3 Å². The third-order valence-electron chi connectivity index (χ3n) is 3.40. The SMILES string of the molecule is O=C(NCC(O)c1ccsc1)c1ccc2ccccc2c1. The summed E-state index contributed by atoms with van der Waals surface area (Å²) >= 11 is 1.53. The molecular formula is C17H15NO2S. The Morgan fingerprint density at radius 3 is 2.71 bits per heavy atom. The molecule has 4 heteroatoms. The van der Waals surface area contributed by atoms with Crippen LogP contribution >= 0.6 is 11.3 Å². The van der Waals surface area contributed by atoms with Crippen LogP contribution in [-0.4, -0.2) is 17.6 Å². The molecule has 3 nitrogen and oxygen atoms in total. The Labute approximate surface area is 126 Å². The number of carbonyl (C=O) groups excluding carboxylic acids is 1. The molecule has 2 aromatic carbocycles. The molecule has 0 fully saturated rings. The van der Waals surface area contributed by atoms with Gasteiger partial charge in [0, 0.05) is 12.1 Å². The number of amides is 1. The van der Waals surface area contributed by atoms with Crippen molar-refractivity contribution in [3.63, 3.8) is 0 Å². The van der Waals surface area contributed by atoms with E-state index in [0.717, 1.165) is 16.3 Å². The molecule has 2 N–H and O–H groups in total. The summed E-state index contributed by atoms with van der Waals surface area (Å²) in [5.74, 6) is -0.171. The zero-order chi connectivity index (χ0) is 14.7. The summed E-state index contributed by atoms with van der Waals surface area (Å²) < 4.78 is 0. The Balaban J connectivity index is 1.69. The minimum absolute atomic E-state index is 0.171. The molecule has 1 amide bonds. The van der Waals surface area contributed by atoms with Gasteiger partial charge in [-0.2, -0.15) is 11.3 Å². The number of benzene rings is 2. The molecule has 0 saturated heterocycles. The lowest BCUT2D eigenvalue weighted by Crippen LogP contribution is -2.28. The third kappa shape index (κ3) is 3.12. The number of fused-ring (bicyclic) bond motifs is 1. The highest BCUT2D eigenvalue weighted by Gasteiger charge is 2.11. The van der Waals surface area contributed by atoms with Crippen LogP contribution in [0, 0.1) is 0 Å². The lowest BCUT2D eigenvalue weighted by atomic mass is 10.1. The normalized spacial score (nSPS) is 12.2. The predicted octanol–water partition coefficient (Wildman–Crippen LogP) is 3.36. The van der Waals surface area contributed by atoms with E-state index in [1.54, 1.807) is 6.07 Å². The van der Waals surface area contributed by atoms with Gasteiger partial charge in [-0.3, -0.25) is 4.79 Å². The number of nitrogens with one attached hydrogen (secondary N) is 1. The number of thiophene rings is 1. The summed E-state index contributed by atoms with van der Waals surface area (Å²) in [4.78, 5) is 12.1. The summed E-state index contributed by atoms with van der Waals surface area (Å²) in [6, 6.07) is 15.4. The highest BCUT2D eigenvalue weighted by atomic mass is 32.1. The average molecular weight is 297 g/mol. The van der Waals surface area contributed by atoms with Crippen LogP contribution in [0.2, 0.25) is 0 Å². The Kier molecular flexibility index (Phi) is 3.99. The molecule has 106 valence electrons. The summed E-state index contributed by atoms with van der Waals surface area (Å²) in [5.41, 5.74) is 1.44. The van der Waals surface area contributed by atoms with Crippen molar-refractivity contribution in [2.24, 2.45) is 0 Å². The fourth-order valence-electron chi connectivity index (χ4n) is 2.20. The van der Waals surface area contributed by atoms with Gasteiger partial charge in [-0.1, -0.05) is 30.3 Å². The quantitative estimate of drug-likeness (QED) is 0.775. The Morgan fingerprint density at radius 1 is 1.14 bits per heavy atom. The second-order valence-corrected chi connectivity index (χ2v) is 5.62. The van der Waals surface area contributed by atoms with Crippen molar-refractivity contribution in [3.8, 4) is 0 Å². The van der Waals surface area contributed by atoms with Gasteiger partial charge in [-0.15, -0.1) is 0 Å². The van der Waals surface area contributed by atoms with Crippen molar-refractivity contribution in [2.45, 2.75) is 6.10 Å². The van der Waals surface area contributed by atoms with Gasteiger partial charge in [0.15, 0.2) is 0 Å². The van der Waals surface area contributed by atoms with Gasteiger partial charge in [0.2, 0.25) is 0 Å². The van der Waals surface area contributed by atoms with Crippen LogP contribution in [0.25, 0.3) is 10.8 Å². The van der Waals surface area contributed by atoms with Gasteiger partial charge in [-0.05, 0) is 45.3 Å². The first-order chi connectivity index (χ1) is 10.2. The van der Waals surface area contributed by atoms with E-state index in [4.69, 9.17) is 0 Å². The Morgan fingerprint density at radius 2 is 1.95 bits per heavy atom. The first-order valence-electron chi connectivity index (χ1n) is 6.71. The molecule has 3 aromatic rings. The van der Waals surface area contributed by atoms with Crippen molar-refractivity contribution in [3.05, 3.63) is 70.4 Å². The summed E-state index contributed by atoms with van der Waals surface area (Å²) in [5, 5.41) is 18.7. The summed E-state index contributed by atoms with van der Waals surface area (Å²) in [6.45, 7) is 0.211. The van der Waals surface area contributed by atoms with Gasteiger partial charge >= 0.3 is 0 Å². The number of rotatable bonds is 4. The molecule has 3 rings (SSSR count). The average Bonchev–Trinajstić information content (AvgIpc) is 3.06. The van der Waals surface area contributed by atoms with Crippen LogP contribution < -0.4 is 5.32 Å². The maximum absolute atomic E-state index is 12.1. The zero-order valence-corrected chi connectivity index (χ0v) is 12.1. The number of carbonyl (C=O) groups is 1. The van der Waals surface area contributed by atoms with Crippen LogP contribution in [0.5, 0.6) is 0 Å². The van der Waals surface area contributed by atoms with Gasteiger partial charge in [0.05, 0.1) is 6.10 Å². The fraction of sp³-hybridized carbons (Fsp3) is 0.118. The lowest BCUT2D eigenvalue weighted by Gasteiger charge is -2.11. The number of hydrogen-bond donors (Lipinski definition) is 2. The third-order valence-corrected chi connectivity index (χ3v) is 4.10. The van der Waals surface area contributed by atoms with Gasteiger partial charge < -0.3 is 10.4 Å². The maximum Gasteiger partial charge on any atom is 0.251 e. The van der Waals surface area contributed by atoms with Crippen molar-refractivity contribution < 1.29 is 9.90 Å². The molecule has 0 bridgehead atoms. The minimum atomic E-state index is -0.666. The minimum Gasteiger partial charge on any atom is -0.387 e. The summed E-state index contributed by atoms with van der Waals surface area (Å²) in [7, 11) is 0. The lowest BCUT2D eigenvalue weighted by molar-refractivity contribution is 0.0916. The molecule has 0 aliphatic carbocycles. The molecule has 21 heavy (non-hydrogen) atoms. The zero-order valence-electron chi connectivity index (χ0n) is 11.3. The molecule has 0 saturated carbocycles. The molecule has 1 atom stereocenters. The maximum atomic E-state index is 12.1. The number of hydrogen-bond acceptors (Lipinski definition) is 3. The van der Waals surface area contributed by atoms with Crippen molar-refractivity contribution in [1.82, 2.24) is 5.32 Å². The summed E-state index contributed by atoms with van der Waals surface area (Å²) in [6.07, 6.45) is -0.666. The standard InChI is InChI=1S/C17H15NO2S/c19-16(15-7-8-21-11-15)10-18-17(20)14-6-5-12-3-1-2-4-13(12)9-14/h1-9,11,16,19H,10H2,(H,18,20). The van der Waals surface area contributed by atoms with E-state index in [1.165, 1.54) is 11.3 Å². The first kappa shape index (κ1) is 13.8. The second-order valence-electron chi connectivity index (χ2n) is 4.84. The van der Waals surface area contributed by atoms with E-state index in [-0.39, 0.29) is 12.5 Å². The molecular weight excluding hydrogens is 282 g/mol. The van der Waals surface area contributed by atoms with E-state index in [0.29, 0.717) is 5.56 Å². The molecule has 0 aliphatic heterocycles. The largest absolute Gasteiger partial charge is 0.387 e. The molecule has 1 aromatic heterocycles. The fourth-order valence-corrected chi connectivity index (χ4v) is 2.91. The highest BCUT2D eigenvalue weighted by molar-refractivity contribution is 7.07. The van der Waals surface area contributed by atoms with Crippen LogP contribution in [0.15, 0.2) is 59.3 Å². The Hall–Kier alpha value is -2.17. The van der Waals surface area contributed by atoms with Gasteiger partial charge in [0.25, 0.3) is 5.91 Å². The van der Waals surface area contributed by atoms with E-state index < -0.39 is 6.10 Å². The number of aliphatic hydroxyl groups is 1. The van der Waals surface area contributed by atoms with E-state index >= 15 is 0 Å². The molecule has 0 spiro atoms. The smallest absolute Gasteiger partial charge is 0.251 e. The molecule has 1 unspecified atom stereocenters. The monoisotopic (exact) mass is 297 g/mol. The van der Waals surface area contributed by atoms with Crippen LogP contribution in [0.3, 0.4) is 0 Å². The number of aliphatic hydroxyl groups excluding tert-OH is 1. The van der Waals surface area contributed by atoms with E-state index in [1.807, 2.05) is 53.2 Å². The van der Waals surface area contributed by atoms with E-state index in [2.05, 4.69) is 5.32 Å². The molecule has 1 heterocycles. The van der Waals surface area contributed by atoms with Gasteiger partial charge in [-0.25, -0.2) is 0 Å². The first-order valence-corrected chi connectivity index (χ1v) is 7.65.